The standard InChI is InChI=1S/C14H14N2O2/c1-9(2)10-4-5-13(17-3)12(6-10)14-7-11(8-15)16-18-14/h4-7,9H,1-3H3. The van der Waals surface area contributed by atoms with Crippen LogP contribution in [0.2, 0.25) is 0 Å². The van der Waals surface area contributed by atoms with Crippen LogP contribution in [0, 0.1) is 11.3 Å². The molecule has 2 rings (SSSR count). The van der Waals surface area contributed by atoms with Crippen LogP contribution in [-0.4, -0.2) is 12.3 Å². The van der Waals surface area contributed by atoms with E-state index < -0.39 is 0 Å². The minimum atomic E-state index is 0.266. The number of hydrogen-bond acceptors (Lipinski definition) is 4. The van der Waals surface area contributed by atoms with Crippen LogP contribution < -0.4 is 4.74 Å². The number of methoxy groups -OCH3 is 1. The number of ether oxygens (including phenoxy) is 1. The van der Waals surface area contributed by atoms with Gasteiger partial charge in [-0.1, -0.05) is 25.1 Å². The number of hydrogen-bond donors (Lipinski definition) is 0. The van der Waals surface area contributed by atoms with Crippen LogP contribution in [0.15, 0.2) is 28.8 Å². The molecule has 4 heteroatoms. The second kappa shape index (κ2) is 4.92. The highest BCUT2D eigenvalue weighted by molar-refractivity contribution is 5.67. The van der Waals surface area contributed by atoms with E-state index in [1.165, 1.54) is 5.56 Å². The van der Waals surface area contributed by atoms with Gasteiger partial charge in [0, 0.05) is 6.07 Å². The molecule has 2 aromatic rings. The van der Waals surface area contributed by atoms with Crippen LogP contribution in [0.1, 0.15) is 31.0 Å². The summed E-state index contributed by atoms with van der Waals surface area (Å²) >= 11 is 0. The highest BCUT2D eigenvalue weighted by atomic mass is 16.5. The second-order valence-corrected chi connectivity index (χ2v) is 4.30. The molecule has 92 valence electrons. The summed E-state index contributed by atoms with van der Waals surface area (Å²) in [6.45, 7) is 4.24. The van der Waals surface area contributed by atoms with E-state index in [-0.39, 0.29) is 5.69 Å². The second-order valence-electron chi connectivity index (χ2n) is 4.30. The third-order valence-electron chi connectivity index (χ3n) is 2.78. The molecule has 18 heavy (non-hydrogen) atoms. The van der Waals surface area contributed by atoms with Gasteiger partial charge in [-0.15, -0.1) is 0 Å². The normalized spacial score (nSPS) is 10.4. The largest absolute Gasteiger partial charge is 0.496 e. The highest BCUT2D eigenvalue weighted by Gasteiger charge is 2.13. The number of aromatic nitrogens is 1. The summed E-state index contributed by atoms with van der Waals surface area (Å²) in [4.78, 5) is 0. The lowest BCUT2D eigenvalue weighted by Gasteiger charge is -2.10. The fourth-order valence-corrected chi connectivity index (χ4v) is 1.73. The lowest BCUT2D eigenvalue weighted by atomic mass is 9.99. The first kappa shape index (κ1) is 12.2. The van der Waals surface area contributed by atoms with Crippen molar-refractivity contribution in [2.45, 2.75) is 19.8 Å². The molecule has 0 radical (unpaired) electrons. The van der Waals surface area contributed by atoms with E-state index in [0.29, 0.717) is 17.4 Å². The Balaban J connectivity index is 2.53. The van der Waals surface area contributed by atoms with E-state index in [0.717, 1.165) is 5.56 Å². The van der Waals surface area contributed by atoms with Crippen molar-refractivity contribution in [3.05, 3.63) is 35.5 Å². The predicted molar refractivity (Wildman–Crippen MR) is 67.3 cm³/mol. The molecule has 0 atom stereocenters. The lowest BCUT2D eigenvalue weighted by molar-refractivity contribution is 0.405. The van der Waals surface area contributed by atoms with Crippen LogP contribution in [-0.2, 0) is 0 Å². The van der Waals surface area contributed by atoms with Gasteiger partial charge in [-0.25, -0.2) is 0 Å². The maximum atomic E-state index is 8.76. The molecule has 0 bridgehead atoms. The maximum absolute atomic E-state index is 8.76. The molecule has 0 aliphatic rings. The minimum absolute atomic E-state index is 0.266. The van der Waals surface area contributed by atoms with E-state index in [2.05, 4.69) is 19.0 Å². The molecule has 0 N–H and O–H groups in total. The zero-order chi connectivity index (χ0) is 13.1. The van der Waals surface area contributed by atoms with Crippen molar-refractivity contribution in [1.82, 2.24) is 5.16 Å². The Labute approximate surface area is 106 Å². The van der Waals surface area contributed by atoms with Crippen molar-refractivity contribution in [2.75, 3.05) is 7.11 Å². The average molecular weight is 242 g/mol. The summed E-state index contributed by atoms with van der Waals surface area (Å²) in [6.07, 6.45) is 0. The summed E-state index contributed by atoms with van der Waals surface area (Å²) in [5.41, 5.74) is 2.26. The van der Waals surface area contributed by atoms with Gasteiger partial charge in [0.25, 0.3) is 0 Å². The number of nitriles is 1. The van der Waals surface area contributed by atoms with Gasteiger partial charge in [0.05, 0.1) is 12.7 Å². The van der Waals surface area contributed by atoms with Gasteiger partial charge in [-0.3, -0.25) is 0 Å². The van der Waals surface area contributed by atoms with Crippen molar-refractivity contribution < 1.29 is 9.26 Å². The Kier molecular flexibility index (Phi) is 3.33. The summed E-state index contributed by atoms with van der Waals surface area (Å²) < 4.78 is 10.5. The van der Waals surface area contributed by atoms with Crippen molar-refractivity contribution in [3.63, 3.8) is 0 Å². The first-order valence-electron chi connectivity index (χ1n) is 5.71. The van der Waals surface area contributed by atoms with Crippen molar-refractivity contribution >= 4 is 0 Å². The molecule has 0 saturated carbocycles. The summed E-state index contributed by atoms with van der Waals surface area (Å²) in [7, 11) is 1.61. The number of nitrogens with zero attached hydrogens (tertiary/aromatic N) is 2. The van der Waals surface area contributed by atoms with Crippen molar-refractivity contribution in [3.8, 4) is 23.1 Å². The van der Waals surface area contributed by atoms with E-state index in [4.69, 9.17) is 14.5 Å². The molecule has 0 saturated heterocycles. The predicted octanol–water partition coefficient (Wildman–Crippen LogP) is 3.35. The highest BCUT2D eigenvalue weighted by Crippen LogP contribution is 2.33. The molecule has 0 aliphatic heterocycles. The number of benzene rings is 1. The third-order valence-corrected chi connectivity index (χ3v) is 2.78. The third kappa shape index (κ3) is 2.21. The van der Waals surface area contributed by atoms with Gasteiger partial charge in [0.1, 0.15) is 11.8 Å². The van der Waals surface area contributed by atoms with Crippen LogP contribution in [0.25, 0.3) is 11.3 Å². The van der Waals surface area contributed by atoms with E-state index in [9.17, 15) is 0 Å². The van der Waals surface area contributed by atoms with Crippen molar-refractivity contribution in [2.24, 2.45) is 0 Å². The van der Waals surface area contributed by atoms with Crippen LogP contribution in [0.5, 0.6) is 5.75 Å². The molecule has 0 aliphatic carbocycles. The summed E-state index contributed by atoms with van der Waals surface area (Å²) in [5.74, 6) is 1.67. The monoisotopic (exact) mass is 242 g/mol. The van der Waals surface area contributed by atoms with Crippen LogP contribution >= 0.6 is 0 Å². The molecule has 0 unspecified atom stereocenters. The van der Waals surface area contributed by atoms with Crippen molar-refractivity contribution in [1.29, 1.82) is 5.26 Å². The van der Waals surface area contributed by atoms with Gasteiger partial charge >= 0.3 is 0 Å². The quantitative estimate of drug-likeness (QED) is 0.828. The zero-order valence-electron chi connectivity index (χ0n) is 10.6. The molecular formula is C14H14N2O2. The Morgan fingerprint density at radius 3 is 2.67 bits per heavy atom. The summed E-state index contributed by atoms with van der Waals surface area (Å²) in [5, 5.41) is 12.4. The molecule has 1 heterocycles. The van der Waals surface area contributed by atoms with E-state index in [1.54, 1.807) is 13.2 Å². The molecule has 0 fully saturated rings. The van der Waals surface area contributed by atoms with E-state index in [1.807, 2.05) is 24.3 Å². The molecule has 0 amide bonds. The molecule has 1 aromatic heterocycles. The first-order chi connectivity index (χ1) is 8.65. The molecular weight excluding hydrogens is 228 g/mol. The summed E-state index contributed by atoms with van der Waals surface area (Å²) in [6, 6.07) is 9.49. The lowest BCUT2D eigenvalue weighted by Crippen LogP contribution is -1.92. The van der Waals surface area contributed by atoms with E-state index >= 15 is 0 Å². The average Bonchev–Trinajstić information content (AvgIpc) is 2.86. The minimum Gasteiger partial charge on any atom is -0.496 e. The Morgan fingerprint density at radius 2 is 2.11 bits per heavy atom. The number of rotatable bonds is 3. The molecule has 0 spiro atoms. The van der Waals surface area contributed by atoms with Gasteiger partial charge in [-0.05, 0) is 23.6 Å². The smallest absolute Gasteiger partial charge is 0.184 e. The SMILES string of the molecule is COc1ccc(C(C)C)cc1-c1cc(C#N)no1. The Bertz CT molecular complexity index is 594. The topological polar surface area (TPSA) is 59.0 Å². The fraction of sp³-hybridized carbons (Fsp3) is 0.286. The Hall–Kier alpha value is -2.28. The van der Waals surface area contributed by atoms with Gasteiger partial charge in [0.2, 0.25) is 0 Å². The zero-order valence-corrected chi connectivity index (χ0v) is 10.6. The van der Waals surface area contributed by atoms with Crippen LogP contribution in [0.4, 0.5) is 0 Å². The first-order valence-corrected chi connectivity index (χ1v) is 5.71. The van der Waals surface area contributed by atoms with Crippen LogP contribution in [0.3, 0.4) is 0 Å². The van der Waals surface area contributed by atoms with Gasteiger partial charge in [0.15, 0.2) is 11.5 Å². The van der Waals surface area contributed by atoms with Gasteiger partial charge < -0.3 is 9.26 Å². The fourth-order valence-electron chi connectivity index (χ4n) is 1.73. The Morgan fingerprint density at radius 1 is 1.33 bits per heavy atom. The maximum Gasteiger partial charge on any atom is 0.184 e. The van der Waals surface area contributed by atoms with Gasteiger partial charge in [-0.2, -0.15) is 5.26 Å². The molecule has 4 nitrogen and oxygen atoms in total. The molecule has 1 aromatic carbocycles.